The van der Waals surface area contributed by atoms with Crippen LogP contribution in [0.2, 0.25) is 0 Å². The van der Waals surface area contributed by atoms with E-state index in [2.05, 4.69) is 21.2 Å². The number of halogens is 1. The zero-order valence-electron chi connectivity index (χ0n) is 10.1. The van der Waals surface area contributed by atoms with E-state index in [4.69, 9.17) is 9.84 Å². The van der Waals surface area contributed by atoms with Gasteiger partial charge in [0.2, 0.25) is 0 Å². The number of amides is 1. The highest BCUT2D eigenvalue weighted by molar-refractivity contribution is 9.10. The minimum absolute atomic E-state index is 0.113. The lowest BCUT2D eigenvalue weighted by Crippen LogP contribution is -2.55. The quantitative estimate of drug-likeness (QED) is 0.866. The fourth-order valence-electron chi connectivity index (χ4n) is 1.40. The van der Waals surface area contributed by atoms with Crippen LogP contribution in [0, 0.1) is 0 Å². The summed E-state index contributed by atoms with van der Waals surface area (Å²) in [6.07, 6.45) is 0. The topological polar surface area (TPSA) is 75.6 Å². The van der Waals surface area contributed by atoms with Crippen molar-refractivity contribution in [1.29, 1.82) is 0 Å². The Bertz CT molecular complexity index is 463. The Kier molecular flexibility index (Phi) is 4.86. The van der Waals surface area contributed by atoms with Crippen molar-refractivity contribution in [3.8, 4) is 0 Å². The van der Waals surface area contributed by atoms with E-state index in [1.165, 1.54) is 14.0 Å². The third-order valence-corrected chi connectivity index (χ3v) is 3.10. The van der Waals surface area contributed by atoms with E-state index in [1.54, 1.807) is 24.3 Å². The van der Waals surface area contributed by atoms with E-state index >= 15 is 0 Å². The maximum atomic E-state index is 12.0. The van der Waals surface area contributed by atoms with Gasteiger partial charge < -0.3 is 15.2 Å². The molecule has 18 heavy (non-hydrogen) atoms. The molecule has 0 aliphatic heterocycles. The lowest BCUT2D eigenvalue weighted by atomic mass is 10.0. The zero-order chi connectivity index (χ0) is 13.8. The monoisotopic (exact) mass is 315 g/mol. The van der Waals surface area contributed by atoms with E-state index in [9.17, 15) is 9.59 Å². The van der Waals surface area contributed by atoms with Gasteiger partial charge in [0.1, 0.15) is 0 Å². The number of methoxy groups -OCH3 is 1. The SMILES string of the molecule is COCC(C)(NC(=O)c1ccccc1Br)C(=O)O. The van der Waals surface area contributed by atoms with Gasteiger partial charge in [0.25, 0.3) is 5.91 Å². The second-order valence-electron chi connectivity index (χ2n) is 4.00. The smallest absolute Gasteiger partial charge is 0.331 e. The second kappa shape index (κ2) is 5.97. The van der Waals surface area contributed by atoms with Crippen LogP contribution in [0.25, 0.3) is 0 Å². The number of rotatable bonds is 5. The molecule has 0 radical (unpaired) electrons. The minimum Gasteiger partial charge on any atom is -0.479 e. The Labute approximate surface area is 113 Å². The maximum absolute atomic E-state index is 12.0. The van der Waals surface area contributed by atoms with Gasteiger partial charge in [-0.1, -0.05) is 12.1 Å². The molecule has 1 atom stereocenters. The van der Waals surface area contributed by atoms with Crippen molar-refractivity contribution in [3.63, 3.8) is 0 Å². The molecule has 1 aromatic carbocycles. The molecule has 0 saturated carbocycles. The molecule has 1 rings (SSSR count). The maximum Gasteiger partial charge on any atom is 0.331 e. The molecular weight excluding hydrogens is 302 g/mol. The Morgan fingerprint density at radius 1 is 1.44 bits per heavy atom. The predicted molar refractivity (Wildman–Crippen MR) is 69.5 cm³/mol. The molecule has 0 spiro atoms. The average Bonchev–Trinajstić information content (AvgIpc) is 2.29. The first kappa shape index (κ1) is 14.7. The number of ether oxygens (including phenoxy) is 1. The van der Waals surface area contributed by atoms with Gasteiger partial charge in [0, 0.05) is 11.6 Å². The van der Waals surface area contributed by atoms with Crippen molar-refractivity contribution >= 4 is 27.8 Å². The van der Waals surface area contributed by atoms with E-state index in [-0.39, 0.29) is 6.61 Å². The van der Waals surface area contributed by atoms with Gasteiger partial charge in [0.05, 0.1) is 12.2 Å². The molecule has 0 aliphatic rings. The summed E-state index contributed by atoms with van der Waals surface area (Å²) in [6, 6.07) is 6.79. The van der Waals surface area contributed by atoms with E-state index in [0.717, 1.165) is 0 Å². The standard InChI is InChI=1S/C12H14BrNO4/c1-12(7-18-2,11(16)17)14-10(15)8-5-3-4-6-9(8)13/h3-6H,7H2,1-2H3,(H,14,15)(H,16,17). The van der Waals surface area contributed by atoms with Crippen LogP contribution in [0.4, 0.5) is 0 Å². The lowest BCUT2D eigenvalue weighted by molar-refractivity contribution is -0.145. The van der Waals surface area contributed by atoms with Crippen LogP contribution in [-0.4, -0.2) is 36.2 Å². The number of hydrogen-bond acceptors (Lipinski definition) is 3. The summed E-state index contributed by atoms with van der Waals surface area (Å²) in [5.41, 5.74) is -1.08. The predicted octanol–water partition coefficient (Wildman–Crippen LogP) is 1.67. The second-order valence-corrected chi connectivity index (χ2v) is 4.86. The van der Waals surface area contributed by atoms with Crippen molar-refractivity contribution in [2.24, 2.45) is 0 Å². The molecule has 0 heterocycles. The number of benzene rings is 1. The van der Waals surface area contributed by atoms with Crippen LogP contribution in [0.15, 0.2) is 28.7 Å². The summed E-state index contributed by atoms with van der Waals surface area (Å²) >= 11 is 3.24. The number of aliphatic carboxylic acids is 1. The van der Waals surface area contributed by atoms with Crippen LogP contribution in [0.5, 0.6) is 0 Å². The molecular formula is C12H14BrNO4. The van der Waals surface area contributed by atoms with Gasteiger partial charge >= 0.3 is 5.97 Å². The van der Waals surface area contributed by atoms with Gasteiger partial charge in [-0.25, -0.2) is 4.79 Å². The van der Waals surface area contributed by atoms with E-state index in [0.29, 0.717) is 10.0 Å². The molecule has 0 aliphatic carbocycles. The molecule has 98 valence electrons. The Morgan fingerprint density at radius 3 is 2.56 bits per heavy atom. The highest BCUT2D eigenvalue weighted by Gasteiger charge is 2.35. The Morgan fingerprint density at radius 2 is 2.06 bits per heavy atom. The summed E-state index contributed by atoms with van der Waals surface area (Å²) in [6.45, 7) is 1.28. The van der Waals surface area contributed by atoms with Gasteiger partial charge in [-0.3, -0.25) is 4.79 Å². The summed E-state index contributed by atoms with van der Waals surface area (Å²) in [5, 5.41) is 11.6. The van der Waals surface area contributed by atoms with Crippen molar-refractivity contribution in [2.75, 3.05) is 13.7 Å². The summed E-state index contributed by atoms with van der Waals surface area (Å²) in [5.74, 6) is -1.62. The first-order valence-electron chi connectivity index (χ1n) is 5.20. The fourth-order valence-corrected chi connectivity index (χ4v) is 1.87. The molecule has 0 bridgehead atoms. The van der Waals surface area contributed by atoms with Gasteiger partial charge in [-0.2, -0.15) is 0 Å². The van der Waals surface area contributed by atoms with Crippen molar-refractivity contribution in [3.05, 3.63) is 34.3 Å². The molecule has 0 fully saturated rings. The molecule has 1 amide bonds. The Balaban J connectivity index is 2.93. The zero-order valence-corrected chi connectivity index (χ0v) is 11.7. The molecule has 1 unspecified atom stereocenters. The number of nitrogens with one attached hydrogen (secondary N) is 1. The average molecular weight is 316 g/mol. The van der Waals surface area contributed by atoms with E-state index in [1.807, 2.05) is 0 Å². The van der Waals surface area contributed by atoms with E-state index < -0.39 is 17.4 Å². The molecule has 5 nitrogen and oxygen atoms in total. The van der Waals surface area contributed by atoms with Gasteiger partial charge in [-0.05, 0) is 35.0 Å². The molecule has 2 N–H and O–H groups in total. The van der Waals surface area contributed by atoms with Crippen LogP contribution < -0.4 is 5.32 Å². The van der Waals surface area contributed by atoms with Gasteiger partial charge in [-0.15, -0.1) is 0 Å². The van der Waals surface area contributed by atoms with Gasteiger partial charge in [0.15, 0.2) is 5.54 Å². The largest absolute Gasteiger partial charge is 0.479 e. The number of carbonyl (C=O) groups excluding carboxylic acids is 1. The third kappa shape index (κ3) is 3.30. The van der Waals surface area contributed by atoms with Crippen LogP contribution in [-0.2, 0) is 9.53 Å². The van der Waals surface area contributed by atoms with Crippen molar-refractivity contribution in [1.82, 2.24) is 5.32 Å². The number of carbonyl (C=O) groups is 2. The number of carboxylic acids is 1. The van der Waals surface area contributed by atoms with Crippen molar-refractivity contribution < 1.29 is 19.4 Å². The first-order chi connectivity index (χ1) is 8.40. The minimum atomic E-state index is -1.46. The normalized spacial score (nSPS) is 13.7. The first-order valence-corrected chi connectivity index (χ1v) is 5.99. The summed E-state index contributed by atoms with van der Waals surface area (Å²) < 4.78 is 5.43. The lowest BCUT2D eigenvalue weighted by Gasteiger charge is -2.25. The van der Waals surface area contributed by atoms with Crippen LogP contribution in [0.3, 0.4) is 0 Å². The molecule has 1 aromatic rings. The van der Waals surface area contributed by atoms with Crippen LogP contribution >= 0.6 is 15.9 Å². The van der Waals surface area contributed by atoms with Crippen molar-refractivity contribution in [2.45, 2.75) is 12.5 Å². The summed E-state index contributed by atoms with van der Waals surface area (Å²) in [7, 11) is 1.38. The fraction of sp³-hybridized carbons (Fsp3) is 0.333. The molecule has 6 heteroatoms. The highest BCUT2D eigenvalue weighted by Crippen LogP contribution is 2.17. The molecule has 0 aromatic heterocycles. The number of hydrogen-bond donors (Lipinski definition) is 2. The molecule has 0 saturated heterocycles. The Hall–Kier alpha value is -1.40. The highest BCUT2D eigenvalue weighted by atomic mass is 79.9. The number of carboxylic acid groups (broad SMARTS) is 1. The summed E-state index contributed by atoms with van der Waals surface area (Å²) in [4.78, 5) is 23.2. The van der Waals surface area contributed by atoms with Crippen LogP contribution in [0.1, 0.15) is 17.3 Å². The third-order valence-electron chi connectivity index (χ3n) is 2.41.